The van der Waals surface area contributed by atoms with Crippen molar-refractivity contribution < 1.29 is 0 Å². The number of nitrogens with zero attached hydrogens (tertiary/aromatic N) is 2. The standard InChI is InChI=1S/C25H42N2/c1-4-6-8-10-12-14-16-18-20-22-25(24-26,27-3)23-21-19-17-15-13-11-9-7-5-2/h4-5H,1-2,6-23H2. The van der Waals surface area contributed by atoms with Crippen LogP contribution in [0.4, 0.5) is 0 Å². The van der Waals surface area contributed by atoms with Crippen molar-refractivity contribution in [1.82, 2.24) is 0 Å². The number of nitriles is 1. The van der Waals surface area contributed by atoms with Gasteiger partial charge in [-0.2, -0.15) is 5.26 Å². The highest BCUT2D eigenvalue weighted by molar-refractivity contribution is 5.14. The molecular weight excluding hydrogens is 328 g/mol. The van der Waals surface area contributed by atoms with Crippen LogP contribution in [0.25, 0.3) is 4.85 Å². The second-order valence-corrected chi connectivity index (χ2v) is 7.86. The van der Waals surface area contributed by atoms with Gasteiger partial charge in [-0.15, -0.1) is 13.2 Å². The molecule has 0 aliphatic carbocycles. The molecule has 27 heavy (non-hydrogen) atoms. The van der Waals surface area contributed by atoms with Gasteiger partial charge in [0.25, 0.3) is 0 Å². The summed E-state index contributed by atoms with van der Waals surface area (Å²) in [5.74, 6) is 0. The first-order chi connectivity index (χ1) is 13.2. The van der Waals surface area contributed by atoms with E-state index in [2.05, 4.69) is 24.1 Å². The maximum absolute atomic E-state index is 9.54. The van der Waals surface area contributed by atoms with Gasteiger partial charge >= 0.3 is 5.54 Å². The molecule has 0 amide bonds. The first kappa shape index (κ1) is 25.5. The van der Waals surface area contributed by atoms with Crippen LogP contribution >= 0.6 is 0 Å². The molecule has 0 saturated heterocycles. The number of rotatable bonds is 20. The van der Waals surface area contributed by atoms with Crippen LogP contribution in [-0.4, -0.2) is 5.54 Å². The normalized spacial score (nSPS) is 10.9. The van der Waals surface area contributed by atoms with E-state index in [1.54, 1.807) is 0 Å². The van der Waals surface area contributed by atoms with E-state index in [-0.39, 0.29) is 0 Å². The molecule has 0 saturated carbocycles. The third kappa shape index (κ3) is 15.2. The van der Waals surface area contributed by atoms with E-state index < -0.39 is 5.54 Å². The van der Waals surface area contributed by atoms with Crippen molar-refractivity contribution in [2.75, 3.05) is 0 Å². The Bertz CT molecular complexity index is 396. The average molecular weight is 371 g/mol. The van der Waals surface area contributed by atoms with Crippen LogP contribution in [0.5, 0.6) is 0 Å². The van der Waals surface area contributed by atoms with E-state index >= 15 is 0 Å². The maximum atomic E-state index is 9.54. The summed E-state index contributed by atoms with van der Waals surface area (Å²) in [5.41, 5.74) is -0.756. The molecule has 0 radical (unpaired) electrons. The second kappa shape index (κ2) is 19.2. The van der Waals surface area contributed by atoms with Gasteiger partial charge in [-0.05, 0) is 38.5 Å². The minimum absolute atomic E-state index is 0.755. The molecular formula is C25H42N2. The minimum atomic E-state index is -0.756. The Hall–Kier alpha value is -1.54. The van der Waals surface area contributed by atoms with Gasteiger partial charge in [-0.3, -0.25) is 4.85 Å². The van der Waals surface area contributed by atoms with Crippen molar-refractivity contribution in [3.8, 4) is 6.07 Å². The molecule has 0 bridgehead atoms. The van der Waals surface area contributed by atoms with Gasteiger partial charge in [0.05, 0.1) is 0 Å². The summed E-state index contributed by atoms with van der Waals surface area (Å²) in [6.07, 6.45) is 24.9. The molecule has 0 atom stereocenters. The average Bonchev–Trinajstić information content (AvgIpc) is 2.70. The van der Waals surface area contributed by atoms with E-state index in [1.165, 1.54) is 64.2 Å². The zero-order chi connectivity index (χ0) is 20.1. The van der Waals surface area contributed by atoms with Gasteiger partial charge < -0.3 is 0 Å². The van der Waals surface area contributed by atoms with Crippen molar-refractivity contribution in [2.24, 2.45) is 0 Å². The van der Waals surface area contributed by atoms with E-state index in [0.717, 1.165) is 51.4 Å². The van der Waals surface area contributed by atoms with E-state index in [9.17, 15) is 5.26 Å². The van der Waals surface area contributed by atoms with Crippen LogP contribution < -0.4 is 0 Å². The molecule has 0 aliphatic heterocycles. The summed E-state index contributed by atoms with van der Waals surface area (Å²) in [7, 11) is 0. The van der Waals surface area contributed by atoms with Crippen molar-refractivity contribution >= 4 is 0 Å². The first-order valence-corrected chi connectivity index (χ1v) is 11.3. The van der Waals surface area contributed by atoms with Gasteiger partial charge in [0.15, 0.2) is 6.07 Å². The lowest BCUT2D eigenvalue weighted by Gasteiger charge is -2.14. The van der Waals surface area contributed by atoms with Crippen molar-refractivity contribution in [3.05, 3.63) is 36.7 Å². The zero-order valence-corrected chi connectivity index (χ0v) is 17.7. The summed E-state index contributed by atoms with van der Waals surface area (Å²) in [6.45, 7) is 15.0. The van der Waals surface area contributed by atoms with Gasteiger partial charge in [-0.1, -0.05) is 76.4 Å². The molecule has 0 aromatic heterocycles. The summed E-state index contributed by atoms with van der Waals surface area (Å²) in [4.78, 5) is 3.74. The van der Waals surface area contributed by atoms with E-state index in [0.29, 0.717) is 0 Å². The highest BCUT2D eigenvalue weighted by Gasteiger charge is 2.35. The largest absolute Gasteiger partial charge is 0.315 e. The first-order valence-electron chi connectivity index (χ1n) is 11.3. The fourth-order valence-electron chi connectivity index (χ4n) is 3.55. The molecule has 152 valence electrons. The van der Waals surface area contributed by atoms with Crippen LogP contribution in [0.1, 0.15) is 116 Å². The molecule has 0 rings (SSSR count). The number of unbranched alkanes of at least 4 members (excludes halogenated alkanes) is 14. The summed E-state index contributed by atoms with van der Waals surface area (Å²) in [5, 5.41) is 9.54. The number of hydrogen-bond donors (Lipinski definition) is 0. The molecule has 2 heteroatoms. The van der Waals surface area contributed by atoms with Crippen molar-refractivity contribution in [2.45, 2.75) is 121 Å². The highest BCUT2D eigenvalue weighted by Crippen LogP contribution is 2.27. The summed E-state index contributed by atoms with van der Waals surface area (Å²) in [6, 6.07) is 2.34. The molecule has 0 aliphatic rings. The minimum Gasteiger partial charge on any atom is -0.294 e. The van der Waals surface area contributed by atoms with Crippen LogP contribution in [0, 0.1) is 17.9 Å². The smallest absolute Gasteiger partial charge is 0.294 e. The molecule has 0 aromatic rings. The van der Waals surface area contributed by atoms with Crippen LogP contribution in [0.2, 0.25) is 0 Å². The second-order valence-electron chi connectivity index (χ2n) is 7.86. The van der Waals surface area contributed by atoms with Gasteiger partial charge in [0.1, 0.15) is 0 Å². The van der Waals surface area contributed by atoms with Crippen LogP contribution in [-0.2, 0) is 0 Å². The van der Waals surface area contributed by atoms with Gasteiger partial charge in [-0.25, -0.2) is 6.57 Å². The van der Waals surface area contributed by atoms with Gasteiger partial charge in [0, 0.05) is 12.8 Å². The molecule has 0 unspecified atom stereocenters. The maximum Gasteiger partial charge on any atom is 0.315 e. The van der Waals surface area contributed by atoms with Gasteiger partial charge in [0.2, 0.25) is 0 Å². The fourth-order valence-corrected chi connectivity index (χ4v) is 3.55. The van der Waals surface area contributed by atoms with E-state index in [1.807, 2.05) is 12.2 Å². The molecule has 0 N–H and O–H groups in total. The highest BCUT2D eigenvalue weighted by atomic mass is 14.8. The Balaban J connectivity index is 3.73. The number of allylic oxidation sites excluding steroid dienone is 2. The third-order valence-corrected chi connectivity index (χ3v) is 5.42. The quantitative estimate of drug-likeness (QED) is 0.120. The molecule has 0 fully saturated rings. The Morgan fingerprint density at radius 2 is 1.00 bits per heavy atom. The lowest BCUT2D eigenvalue weighted by atomic mass is 9.88. The Labute approximate surface area is 169 Å². The lowest BCUT2D eigenvalue weighted by Crippen LogP contribution is -2.22. The van der Waals surface area contributed by atoms with Crippen molar-refractivity contribution in [3.63, 3.8) is 0 Å². The molecule has 0 heterocycles. The number of hydrogen-bond acceptors (Lipinski definition) is 1. The van der Waals surface area contributed by atoms with Crippen LogP contribution in [0.3, 0.4) is 0 Å². The third-order valence-electron chi connectivity index (χ3n) is 5.42. The summed E-state index contributed by atoms with van der Waals surface area (Å²) < 4.78 is 0. The molecule has 0 aromatic carbocycles. The molecule has 2 nitrogen and oxygen atoms in total. The monoisotopic (exact) mass is 370 g/mol. The fraction of sp³-hybridized carbons (Fsp3) is 0.760. The Morgan fingerprint density at radius 3 is 1.30 bits per heavy atom. The zero-order valence-electron chi connectivity index (χ0n) is 17.7. The lowest BCUT2D eigenvalue weighted by molar-refractivity contribution is 0.457. The topological polar surface area (TPSA) is 28.1 Å². The SMILES string of the molecule is [C-]#[N+]C(C#N)(CCCCCCCCCC=C)CCCCCCCCCC=C. The Kier molecular flexibility index (Phi) is 18.1. The summed E-state index contributed by atoms with van der Waals surface area (Å²) >= 11 is 0. The predicted octanol–water partition coefficient (Wildman–Crippen LogP) is 8.56. The molecule has 0 spiro atoms. The predicted molar refractivity (Wildman–Crippen MR) is 118 cm³/mol. The van der Waals surface area contributed by atoms with Crippen molar-refractivity contribution in [1.29, 1.82) is 5.26 Å². The Morgan fingerprint density at radius 1 is 0.667 bits per heavy atom. The van der Waals surface area contributed by atoms with E-state index in [4.69, 9.17) is 6.57 Å². The van der Waals surface area contributed by atoms with Crippen LogP contribution in [0.15, 0.2) is 25.3 Å².